The molecular weight excluding hydrogens is 476 g/mol. The van der Waals surface area contributed by atoms with Crippen molar-refractivity contribution in [2.24, 2.45) is 0 Å². The van der Waals surface area contributed by atoms with E-state index in [1.54, 1.807) is 0 Å². The van der Waals surface area contributed by atoms with E-state index in [1.807, 2.05) is 36.4 Å². The van der Waals surface area contributed by atoms with Crippen LogP contribution in [-0.4, -0.2) is 33.2 Å². The predicted octanol–water partition coefficient (Wildman–Crippen LogP) is 5.84. The lowest BCUT2D eigenvalue weighted by molar-refractivity contribution is 0.227. The number of aromatic nitrogens is 3. The number of nitrogens with zero attached hydrogens (tertiary/aromatic N) is 3. The van der Waals surface area contributed by atoms with Gasteiger partial charge in [-0.1, -0.05) is 55.8 Å². The summed E-state index contributed by atoms with van der Waals surface area (Å²) in [6.07, 6.45) is 9.50. The Morgan fingerprint density at radius 1 is 1.08 bits per heavy atom. The van der Waals surface area contributed by atoms with Gasteiger partial charge in [0.05, 0.1) is 5.39 Å². The lowest BCUT2D eigenvalue weighted by Gasteiger charge is -2.30. The second-order valence-electron chi connectivity index (χ2n) is 9.97. The van der Waals surface area contributed by atoms with Crippen LogP contribution in [0, 0.1) is 0 Å². The summed E-state index contributed by atoms with van der Waals surface area (Å²) in [5.41, 5.74) is 10.4. The molecule has 0 spiro atoms. The Bertz CT molecular complexity index is 1360. The van der Waals surface area contributed by atoms with Gasteiger partial charge in [0.2, 0.25) is 0 Å². The molecule has 0 aliphatic heterocycles. The summed E-state index contributed by atoms with van der Waals surface area (Å²) < 4.78 is 8.33. The fourth-order valence-corrected chi connectivity index (χ4v) is 5.21. The van der Waals surface area contributed by atoms with Gasteiger partial charge in [-0.15, -0.1) is 0 Å². The average molecular weight is 513 g/mol. The first-order valence-electron chi connectivity index (χ1n) is 13.5. The number of ether oxygens (including phenoxy) is 1. The number of nitrogens with one attached hydrogen (secondary N) is 2. The number of nitrogen functional groups attached to an aromatic ring is 1. The van der Waals surface area contributed by atoms with Gasteiger partial charge >= 0.3 is 6.03 Å². The van der Waals surface area contributed by atoms with Gasteiger partial charge in [-0.05, 0) is 55.4 Å². The van der Waals surface area contributed by atoms with Crippen molar-refractivity contribution in [1.82, 2.24) is 25.2 Å². The number of nitrogens with two attached hydrogens (primary N) is 1. The number of carbonyl (C=O) groups is 1. The molecule has 1 aliphatic carbocycles. The van der Waals surface area contributed by atoms with Crippen molar-refractivity contribution < 1.29 is 9.53 Å². The highest BCUT2D eigenvalue weighted by molar-refractivity contribution is 6.00. The maximum Gasteiger partial charge on any atom is 0.315 e. The minimum atomic E-state index is -0.0644. The van der Waals surface area contributed by atoms with E-state index in [1.165, 1.54) is 6.33 Å². The highest BCUT2D eigenvalue weighted by Crippen LogP contribution is 2.38. The molecule has 0 bridgehead atoms. The number of anilines is 1. The van der Waals surface area contributed by atoms with Crippen LogP contribution in [0.3, 0.4) is 0 Å². The normalized spacial score (nSPS) is 17.3. The first kappa shape index (κ1) is 25.6. The Balaban J connectivity index is 1.33. The zero-order valence-corrected chi connectivity index (χ0v) is 21.9. The number of fused-ring (bicyclic) bond motifs is 1. The lowest BCUT2D eigenvalue weighted by atomic mass is 9.91. The quantitative estimate of drug-likeness (QED) is 0.244. The van der Waals surface area contributed by atoms with Crippen LogP contribution in [0.2, 0.25) is 0 Å². The number of unbranched alkanes of at least 4 members (excludes halogenated alkanes) is 1. The van der Waals surface area contributed by atoms with Crippen molar-refractivity contribution in [2.45, 2.75) is 64.1 Å². The molecule has 0 saturated heterocycles. The number of carbonyl (C=O) groups excluding carboxylic acids is 1. The predicted molar refractivity (Wildman–Crippen MR) is 151 cm³/mol. The topological polar surface area (TPSA) is 107 Å². The van der Waals surface area contributed by atoms with Crippen LogP contribution >= 0.6 is 0 Å². The summed E-state index contributed by atoms with van der Waals surface area (Å²) >= 11 is 0. The molecule has 38 heavy (non-hydrogen) atoms. The fourth-order valence-electron chi connectivity index (χ4n) is 5.21. The summed E-state index contributed by atoms with van der Waals surface area (Å²) in [5, 5.41) is 6.95. The number of rotatable bonds is 9. The van der Waals surface area contributed by atoms with Gasteiger partial charge < -0.3 is 25.7 Å². The van der Waals surface area contributed by atoms with Gasteiger partial charge in [0.25, 0.3) is 0 Å². The van der Waals surface area contributed by atoms with E-state index in [9.17, 15) is 4.79 Å². The fraction of sp³-hybridized carbons (Fsp3) is 0.367. The summed E-state index contributed by atoms with van der Waals surface area (Å²) in [4.78, 5) is 21.1. The standard InChI is InChI=1S/C30H36N6O2/c1-2-3-16-32-30(37)35-23-12-14-24(15-13-23)36-18-26(27-28(31)33-20-34-29(27)36)22-10-7-11-25(17-22)38-19-21-8-5-4-6-9-21/h4-11,17-18,20,23-24H,2-3,12-16,19H2,1H3,(H2,31,33,34)(H2,32,35,37). The summed E-state index contributed by atoms with van der Waals surface area (Å²) in [6.45, 7) is 3.34. The van der Waals surface area contributed by atoms with Crippen LogP contribution in [0.25, 0.3) is 22.2 Å². The number of hydrogen-bond donors (Lipinski definition) is 3. The molecule has 5 rings (SSSR count). The Kier molecular flexibility index (Phi) is 8.06. The molecule has 2 heterocycles. The molecule has 2 amide bonds. The van der Waals surface area contributed by atoms with E-state index in [2.05, 4.69) is 56.5 Å². The van der Waals surface area contributed by atoms with Crippen molar-refractivity contribution in [1.29, 1.82) is 0 Å². The summed E-state index contributed by atoms with van der Waals surface area (Å²) in [7, 11) is 0. The second-order valence-corrected chi connectivity index (χ2v) is 9.97. The van der Waals surface area contributed by atoms with E-state index >= 15 is 0 Å². The number of amides is 2. The van der Waals surface area contributed by atoms with E-state index in [0.717, 1.165) is 78.5 Å². The van der Waals surface area contributed by atoms with Crippen molar-refractivity contribution in [3.8, 4) is 16.9 Å². The van der Waals surface area contributed by atoms with Crippen LogP contribution in [0.15, 0.2) is 67.1 Å². The van der Waals surface area contributed by atoms with Crippen molar-refractivity contribution in [3.63, 3.8) is 0 Å². The monoisotopic (exact) mass is 512 g/mol. The molecule has 0 radical (unpaired) electrons. The van der Waals surface area contributed by atoms with Gasteiger partial charge in [-0.25, -0.2) is 14.8 Å². The first-order chi connectivity index (χ1) is 18.6. The van der Waals surface area contributed by atoms with Gasteiger partial charge in [0.15, 0.2) is 0 Å². The molecule has 0 atom stereocenters. The zero-order chi connectivity index (χ0) is 26.3. The van der Waals surface area contributed by atoms with Gasteiger partial charge in [0.1, 0.15) is 30.1 Å². The van der Waals surface area contributed by atoms with E-state index < -0.39 is 0 Å². The van der Waals surface area contributed by atoms with Gasteiger partial charge in [-0.2, -0.15) is 0 Å². The molecule has 8 heteroatoms. The lowest BCUT2D eigenvalue weighted by Crippen LogP contribution is -2.44. The van der Waals surface area contributed by atoms with Crippen molar-refractivity contribution in [2.75, 3.05) is 12.3 Å². The third-order valence-corrected chi connectivity index (χ3v) is 7.27. The van der Waals surface area contributed by atoms with E-state index in [-0.39, 0.29) is 18.1 Å². The zero-order valence-electron chi connectivity index (χ0n) is 21.9. The molecular formula is C30H36N6O2. The largest absolute Gasteiger partial charge is 0.489 e. The number of benzene rings is 2. The highest BCUT2D eigenvalue weighted by Gasteiger charge is 2.26. The van der Waals surface area contributed by atoms with Crippen LogP contribution in [0.1, 0.15) is 57.1 Å². The average Bonchev–Trinajstić information content (AvgIpc) is 3.34. The number of urea groups is 1. The molecule has 4 aromatic rings. The van der Waals surface area contributed by atoms with Crippen LogP contribution < -0.4 is 21.1 Å². The molecule has 2 aromatic carbocycles. The SMILES string of the molecule is CCCCNC(=O)NC1CCC(n2cc(-c3cccc(OCc4ccccc4)c3)c3c(N)ncnc32)CC1. The van der Waals surface area contributed by atoms with Crippen molar-refractivity contribution in [3.05, 3.63) is 72.7 Å². The molecule has 2 aromatic heterocycles. The van der Waals surface area contributed by atoms with Gasteiger partial charge in [-0.3, -0.25) is 0 Å². The summed E-state index contributed by atoms with van der Waals surface area (Å²) in [5.74, 6) is 1.27. The molecule has 1 aliphatic rings. The Hall–Kier alpha value is -4.07. The van der Waals surface area contributed by atoms with Crippen LogP contribution in [-0.2, 0) is 6.61 Å². The van der Waals surface area contributed by atoms with E-state index in [4.69, 9.17) is 10.5 Å². The molecule has 4 N–H and O–H groups in total. The maximum absolute atomic E-state index is 12.2. The Morgan fingerprint density at radius 2 is 1.89 bits per heavy atom. The smallest absolute Gasteiger partial charge is 0.315 e. The first-order valence-corrected chi connectivity index (χ1v) is 13.5. The highest BCUT2D eigenvalue weighted by atomic mass is 16.5. The van der Waals surface area contributed by atoms with Crippen LogP contribution in [0.4, 0.5) is 10.6 Å². The third-order valence-electron chi connectivity index (χ3n) is 7.27. The van der Waals surface area contributed by atoms with Crippen LogP contribution in [0.5, 0.6) is 5.75 Å². The summed E-state index contributed by atoms with van der Waals surface area (Å²) in [6, 6.07) is 18.6. The molecule has 198 valence electrons. The number of hydrogen-bond acceptors (Lipinski definition) is 5. The third kappa shape index (κ3) is 5.90. The minimum absolute atomic E-state index is 0.0644. The Morgan fingerprint density at radius 3 is 2.68 bits per heavy atom. The Labute approximate surface area is 223 Å². The van der Waals surface area contributed by atoms with E-state index in [0.29, 0.717) is 12.4 Å². The molecule has 0 unspecified atom stereocenters. The van der Waals surface area contributed by atoms with Crippen molar-refractivity contribution >= 4 is 22.9 Å². The second kappa shape index (κ2) is 12.0. The molecule has 8 nitrogen and oxygen atoms in total. The maximum atomic E-state index is 12.2. The van der Waals surface area contributed by atoms with Gasteiger partial charge in [0, 0.05) is 30.4 Å². The minimum Gasteiger partial charge on any atom is -0.489 e. The molecule has 1 fully saturated rings. The molecule has 1 saturated carbocycles.